The van der Waals surface area contributed by atoms with E-state index in [2.05, 4.69) is 10.6 Å². The Hall–Kier alpha value is -2.20. The summed E-state index contributed by atoms with van der Waals surface area (Å²) in [6.07, 6.45) is 0. The van der Waals surface area contributed by atoms with Crippen molar-refractivity contribution in [2.75, 3.05) is 52.4 Å². The molecule has 172 valence electrons. The van der Waals surface area contributed by atoms with Crippen LogP contribution in [0.15, 0.2) is 0 Å². The highest BCUT2D eigenvalue weighted by molar-refractivity contribution is 5.82. The van der Waals surface area contributed by atoms with Gasteiger partial charge in [-0.15, -0.1) is 0 Å². The molecule has 0 aliphatic carbocycles. The van der Waals surface area contributed by atoms with Crippen LogP contribution in [0.1, 0.15) is 41.5 Å². The Balaban J connectivity index is 2.67. The van der Waals surface area contributed by atoms with Crippen LogP contribution >= 0.6 is 0 Å². The van der Waals surface area contributed by atoms with Gasteiger partial charge in [0.2, 0.25) is 11.8 Å². The van der Waals surface area contributed by atoms with E-state index < -0.39 is 17.2 Å². The summed E-state index contributed by atoms with van der Waals surface area (Å²) in [7, 11) is 0. The van der Waals surface area contributed by atoms with Crippen LogP contribution < -0.4 is 10.6 Å². The van der Waals surface area contributed by atoms with E-state index in [0.29, 0.717) is 26.2 Å². The van der Waals surface area contributed by atoms with E-state index in [9.17, 15) is 19.2 Å². The first-order valence-electron chi connectivity index (χ1n) is 10.2. The number of nitrogens with one attached hydrogen (secondary N) is 2. The van der Waals surface area contributed by atoms with Gasteiger partial charge in [-0.1, -0.05) is 0 Å². The number of carbonyl (C=O) groups excluding carboxylic acids is 4. The minimum atomic E-state index is -0.647. The van der Waals surface area contributed by atoms with Gasteiger partial charge in [0, 0.05) is 26.2 Å². The maximum Gasteiger partial charge on any atom is 0.320 e. The predicted molar refractivity (Wildman–Crippen MR) is 111 cm³/mol. The molecule has 0 bridgehead atoms. The molecule has 0 aromatic rings. The average molecular weight is 429 g/mol. The molecule has 0 atom stereocenters. The number of hydrogen-bond acceptors (Lipinski definition) is 8. The maximum absolute atomic E-state index is 12.3. The van der Waals surface area contributed by atoms with Crippen LogP contribution in [-0.2, 0) is 28.7 Å². The summed E-state index contributed by atoms with van der Waals surface area (Å²) in [6.45, 7) is 11.8. The lowest BCUT2D eigenvalue weighted by Gasteiger charge is -2.27. The van der Waals surface area contributed by atoms with Gasteiger partial charge < -0.3 is 20.1 Å². The molecule has 0 unspecified atom stereocenters. The van der Waals surface area contributed by atoms with E-state index in [1.807, 2.05) is 4.90 Å². The number of esters is 2. The van der Waals surface area contributed by atoms with Crippen LogP contribution in [0.2, 0.25) is 0 Å². The van der Waals surface area contributed by atoms with Gasteiger partial charge in [0.25, 0.3) is 0 Å². The molecule has 2 N–H and O–H groups in total. The SMILES string of the molecule is CC(C)(C)OC(=O)CN1CCNC(=O)CN(CC(=O)OC(C)(C)C)CC(=O)NCC1. The van der Waals surface area contributed by atoms with Gasteiger partial charge >= 0.3 is 11.9 Å². The van der Waals surface area contributed by atoms with Gasteiger partial charge in [-0.3, -0.25) is 29.0 Å². The number of rotatable bonds is 4. The zero-order chi connectivity index (χ0) is 22.9. The monoisotopic (exact) mass is 428 g/mol. The van der Waals surface area contributed by atoms with Crippen LogP contribution in [0.3, 0.4) is 0 Å². The van der Waals surface area contributed by atoms with Crippen molar-refractivity contribution in [2.24, 2.45) is 0 Å². The Morgan fingerprint density at radius 2 is 1.13 bits per heavy atom. The molecule has 10 heteroatoms. The fourth-order valence-corrected chi connectivity index (χ4v) is 2.78. The average Bonchev–Trinajstić information content (AvgIpc) is 2.49. The Bertz CT molecular complexity index is 600. The van der Waals surface area contributed by atoms with E-state index in [4.69, 9.17) is 9.47 Å². The minimum absolute atomic E-state index is 0.0633. The molecule has 0 aromatic heterocycles. The molecular formula is C20H36N4O6. The molecule has 0 saturated carbocycles. The molecule has 0 spiro atoms. The van der Waals surface area contributed by atoms with Gasteiger partial charge in [-0.2, -0.15) is 0 Å². The van der Waals surface area contributed by atoms with E-state index in [1.54, 1.807) is 41.5 Å². The van der Waals surface area contributed by atoms with Crippen LogP contribution in [0.25, 0.3) is 0 Å². The van der Waals surface area contributed by atoms with E-state index in [0.717, 1.165) is 0 Å². The Morgan fingerprint density at radius 3 is 1.50 bits per heavy atom. The Morgan fingerprint density at radius 1 is 0.767 bits per heavy atom. The van der Waals surface area contributed by atoms with E-state index >= 15 is 0 Å². The van der Waals surface area contributed by atoms with Crippen LogP contribution in [-0.4, -0.2) is 97.1 Å². The lowest BCUT2D eigenvalue weighted by molar-refractivity contribution is -0.157. The summed E-state index contributed by atoms with van der Waals surface area (Å²) in [4.78, 5) is 51.9. The van der Waals surface area contributed by atoms with Gasteiger partial charge in [0.05, 0.1) is 26.2 Å². The molecule has 1 aliphatic rings. The van der Waals surface area contributed by atoms with Crippen molar-refractivity contribution in [3.63, 3.8) is 0 Å². The van der Waals surface area contributed by atoms with E-state index in [-0.39, 0.29) is 44.0 Å². The van der Waals surface area contributed by atoms with Crippen molar-refractivity contribution in [1.82, 2.24) is 20.4 Å². The van der Waals surface area contributed by atoms with Gasteiger partial charge in [-0.05, 0) is 41.5 Å². The number of hydrogen-bond donors (Lipinski definition) is 2. The Kier molecular flexibility index (Phi) is 9.70. The highest BCUT2D eigenvalue weighted by Gasteiger charge is 2.23. The molecule has 1 rings (SSSR count). The van der Waals surface area contributed by atoms with Crippen molar-refractivity contribution < 1.29 is 28.7 Å². The largest absolute Gasteiger partial charge is 0.459 e. The first-order chi connectivity index (χ1) is 13.7. The standard InChI is InChI=1S/C20H36N4O6/c1-19(2,3)29-17(27)13-23-9-7-21-15(25)11-24(12-16(26)22-8-10-23)14-18(28)30-20(4,5)6/h7-14H2,1-6H3,(H,21,25)(H,22,26). The predicted octanol–water partition coefficient (Wildman–Crippen LogP) is -0.480. The van der Waals surface area contributed by atoms with Gasteiger partial charge in [-0.25, -0.2) is 0 Å². The lowest BCUT2D eigenvalue weighted by Crippen LogP contribution is -2.49. The fourth-order valence-electron chi connectivity index (χ4n) is 2.78. The maximum atomic E-state index is 12.3. The van der Waals surface area contributed by atoms with Crippen molar-refractivity contribution in [3.8, 4) is 0 Å². The van der Waals surface area contributed by atoms with Crippen LogP contribution in [0, 0.1) is 0 Å². The zero-order valence-electron chi connectivity index (χ0n) is 19.0. The van der Waals surface area contributed by atoms with Gasteiger partial charge in [0.1, 0.15) is 11.2 Å². The molecule has 0 radical (unpaired) electrons. The van der Waals surface area contributed by atoms with Gasteiger partial charge in [0.15, 0.2) is 0 Å². The van der Waals surface area contributed by atoms with Crippen molar-refractivity contribution >= 4 is 23.8 Å². The smallest absolute Gasteiger partial charge is 0.320 e. The summed E-state index contributed by atoms with van der Waals surface area (Å²) in [5.74, 6) is -1.50. The third kappa shape index (κ3) is 12.4. The van der Waals surface area contributed by atoms with Crippen molar-refractivity contribution in [2.45, 2.75) is 52.7 Å². The topological polar surface area (TPSA) is 117 Å². The Labute approximate surface area is 178 Å². The van der Waals surface area contributed by atoms with Crippen molar-refractivity contribution in [1.29, 1.82) is 0 Å². The molecule has 30 heavy (non-hydrogen) atoms. The third-order valence-corrected chi connectivity index (χ3v) is 3.78. The summed E-state index contributed by atoms with van der Waals surface area (Å²) in [5.41, 5.74) is -1.23. The van der Waals surface area contributed by atoms with Crippen LogP contribution in [0.5, 0.6) is 0 Å². The molecule has 1 fully saturated rings. The molecule has 0 aromatic carbocycles. The van der Waals surface area contributed by atoms with Crippen LogP contribution in [0.4, 0.5) is 0 Å². The quantitative estimate of drug-likeness (QED) is 0.577. The lowest BCUT2D eigenvalue weighted by atomic mass is 10.2. The molecule has 1 saturated heterocycles. The first kappa shape index (κ1) is 25.8. The number of amides is 2. The number of nitrogens with zero attached hydrogens (tertiary/aromatic N) is 2. The summed E-state index contributed by atoms with van der Waals surface area (Å²) >= 11 is 0. The highest BCUT2D eigenvalue weighted by atomic mass is 16.6. The first-order valence-corrected chi connectivity index (χ1v) is 10.2. The summed E-state index contributed by atoms with van der Waals surface area (Å²) in [5, 5.41) is 5.52. The second kappa shape index (κ2) is 11.3. The third-order valence-electron chi connectivity index (χ3n) is 3.78. The number of carbonyl (C=O) groups is 4. The minimum Gasteiger partial charge on any atom is -0.459 e. The fraction of sp³-hybridized carbons (Fsp3) is 0.800. The number of ether oxygens (including phenoxy) is 2. The molecule has 10 nitrogen and oxygen atoms in total. The second-order valence-corrected chi connectivity index (χ2v) is 9.29. The van der Waals surface area contributed by atoms with Crippen molar-refractivity contribution in [3.05, 3.63) is 0 Å². The van der Waals surface area contributed by atoms with E-state index in [1.165, 1.54) is 4.90 Å². The zero-order valence-corrected chi connectivity index (χ0v) is 19.0. The highest BCUT2D eigenvalue weighted by Crippen LogP contribution is 2.08. The summed E-state index contributed by atoms with van der Waals surface area (Å²) in [6, 6.07) is 0. The molecule has 1 heterocycles. The normalized spacial score (nSPS) is 18.5. The second-order valence-electron chi connectivity index (χ2n) is 9.29. The molecular weight excluding hydrogens is 392 g/mol. The summed E-state index contributed by atoms with van der Waals surface area (Å²) < 4.78 is 10.6. The molecule has 1 aliphatic heterocycles. The molecule has 2 amide bonds.